The predicted molar refractivity (Wildman–Crippen MR) is 55.4 cm³/mol. The van der Waals surface area contributed by atoms with Crippen LogP contribution >= 0.6 is 0 Å². The van der Waals surface area contributed by atoms with Gasteiger partial charge in [0.05, 0.1) is 18.1 Å². The summed E-state index contributed by atoms with van der Waals surface area (Å²) in [4.78, 5) is 22.2. The lowest BCUT2D eigenvalue weighted by molar-refractivity contribution is -0.141. The summed E-state index contributed by atoms with van der Waals surface area (Å²) in [5, 5.41) is 14.0. The molecule has 1 aliphatic heterocycles. The van der Waals surface area contributed by atoms with Gasteiger partial charge in [-0.1, -0.05) is 13.8 Å². The van der Waals surface area contributed by atoms with Gasteiger partial charge in [-0.15, -0.1) is 0 Å². The molecule has 84 valence electrons. The molecule has 0 fully saturated rings. The average molecular weight is 212 g/mol. The third-order valence-corrected chi connectivity index (χ3v) is 2.29. The second-order valence-electron chi connectivity index (χ2n) is 4.20. The van der Waals surface area contributed by atoms with Crippen molar-refractivity contribution in [3.8, 4) is 0 Å². The molecule has 1 rings (SSSR count). The number of hydrogen-bond donors (Lipinski definition) is 1. The number of carboxylic acid groups (broad SMARTS) is 1. The quantitative estimate of drug-likeness (QED) is 0.754. The van der Waals surface area contributed by atoms with E-state index in [1.807, 2.05) is 13.8 Å². The molecule has 0 bridgehead atoms. The van der Waals surface area contributed by atoms with Gasteiger partial charge >= 0.3 is 5.97 Å². The second-order valence-corrected chi connectivity index (χ2v) is 4.20. The lowest BCUT2D eigenvalue weighted by Gasteiger charge is -2.10. The van der Waals surface area contributed by atoms with Gasteiger partial charge in [-0.2, -0.15) is 5.10 Å². The van der Waals surface area contributed by atoms with Crippen molar-refractivity contribution in [2.24, 2.45) is 16.9 Å². The summed E-state index contributed by atoms with van der Waals surface area (Å²) in [7, 11) is 1.56. The standard InChI is InChI=1S/C10H16N2O3/c1-6(2)4-8-7(5-9(13)14)10(15)12(3)11-8/h6-7H,4-5H2,1-3H3,(H,13,14). The molecule has 15 heavy (non-hydrogen) atoms. The van der Waals surface area contributed by atoms with E-state index in [9.17, 15) is 9.59 Å². The van der Waals surface area contributed by atoms with Crippen LogP contribution in [-0.2, 0) is 9.59 Å². The monoisotopic (exact) mass is 212 g/mol. The van der Waals surface area contributed by atoms with E-state index in [0.29, 0.717) is 18.1 Å². The lowest BCUT2D eigenvalue weighted by atomic mass is 9.93. The maximum atomic E-state index is 11.6. The van der Waals surface area contributed by atoms with Gasteiger partial charge in [0, 0.05) is 7.05 Å². The summed E-state index contributed by atoms with van der Waals surface area (Å²) in [5.41, 5.74) is 0.694. The van der Waals surface area contributed by atoms with Crippen molar-refractivity contribution in [3.05, 3.63) is 0 Å². The van der Waals surface area contributed by atoms with E-state index in [1.165, 1.54) is 5.01 Å². The number of hydrazone groups is 1. The van der Waals surface area contributed by atoms with Gasteiger partial charge in [0.25, 0.3) is 5.91 Å². The SMILES string of the molecule is CC(C)CC1=NN(C)C(=O)C1CC(=O)O. The highest BCUT2D eigenvalue weighted by Gasteiger charge is 2.35. The molecule has 0 spiro atoms. The van der Waals surface area contributed by atoms with Gasteiger partial charge in [0.1, 0.15) is 0 Å². The maximum absolute atomic E-state index is 11.6. The Morgan fingerprint density at radius 2 is 2.20 bits per heavy atom. The van der Waals surface area contributed by atoms with Crippen molar-refractivity contribution in [2.45, 2.75) is 26.7 Å². The first-order chi connectivity index (χ1) is 6.91. The number of hydrogen-bond acceptors (Lipinski definition) is 3. The van der Waals surface area contributed by atoms with Crippen LogP contribution in [0.25, 0.3) is 0 Å². The molecule has 5 nitrogen and oxygen atoms in total. The van der Waals surface area contributed by atoms with E-state index < -0.39 is 11.9 Å². The molecule has 1 amide bonds. The highest BCUT2D eigenvalue weighted by molar-refractivity contribution is 6.09. The number of carbonyl (C=O) groups is 2. The van der Waals surface area contributed by atoms with Crippen LogP contribution in [0.5, 0.6) is 0 Å². The minimum absolute atomic E-state index is 0.158. The van der Waals surface area contributed by atoms with E-state index in [2.05, 4.69) is 5.10 Å². The molecular weight excluding hydrogens is 196 g/mol. The highest BCUT2D eigenvalue weighted by Crippen LogP contribution is 2.22. The number of carboxylic acids is 1. The van der Waals surface area contributed by atoms with Crippen LogP contribution in [0, 0.1) is 11.8 Å². The zero-order valence-electron chi connectivity index (χ0n) is 9.23. The molecule has 0 saturated heterocycles. The maximum Gasteiger partial charge on any atom is 0.304 e. The summed E-state index contributed by atoms with van der Waals surface area (Å²) in [6, 6.07) is 0. The molecule has 0 radical (unpaired) electrons. The molecule has 0 aliphatic carbocycles. The average Bonchev–Trinajstić information content (AvgIpc) is 2.31. The number of aliphatic carboxylic acids is 1. The summed E-state index contributed by atoms with van der Waals surface area (Å²) in [6.07, 6.45) is 0.517. The third kappa shape index (κ3) is 2.78. The van der Waals surface area contributed by atoms with E-state index in [1.54, 1.807) is 7.05 Å². The summed E-state index contributed by atoms with van der Waals surface area (Å²) in [5.74, 6) is -1.36. The van der Waals surface area contributed by atoms with Crippen molar-refractivity contribution in [3.63, 3.8) is 0 Å². The Morgan fingerprint density at radius 1 is 1.60 bits per heavy atom. The summed E-state index contributed by atoms with van der Waals surface area (Å²) in [6.45, 7) is 4.03. The van der Waals surface area contributed by atoms with Gasteiger partial charge in [-0.3, -0.25) is 9.59 Å². The van der Waals surface area contributed by atoms with Gasteiger partial charge in [-0.25, -0.2) is 5.01 Å². The fourth-order valence-corrected chi connectivity index (χ4v) is 1.66. The summed E-state index contributed by atoms with van der Waals surface area (Å²) < 4.78 is 0. The molecule has 0 saturated carbocycles. The Morgan fingerprint density at radius 3 is 2.67 bits per heavy atom. The van der Waals surface area contributed by atoms with Gasteiger partial charge < -0.3 is 5.11 Å². The smallest absolute Gasteiger partial charge is 0.304 e. The van der Waals surface area contributed by atoms with Crippen molar-refractivity contribution in [1.29, 1.82) is 0 Å². The fourth-order valence-electron chi connectivity index (χ4n) is 1.66. The minimum atomic E-state index is -0.958. The highest BCUT2D eigenvalue weighted by atomic mass is 16.4. The zero-order chi connectivity index (χ0) is 11.6. The molecule has 1 heterocycles. The Hall–Kier alpha value is -1.39. The van der Waals surface area contributed by atoms with E-state index in [4.69, 9.17) is 5.11 Å². The van der Waals surface area contributed by atoms with Crippen molar-refractivity contribution >= 4 is 17.6 Å². The molecule has 0 aromatic carbocycles. The largest absolute Gasteiger partial charge is 0.481 e. The topological polar surface area (TPSA) is 70.0 Å². The molecule has 1 N–H and O–H groups in total. The molecule has 1 atom stereocenters. The van der Waals surface area contributed by atoms with Crippen molar-refractivity contribution in [1.82, 2.24) is 5.01 Å². The van der Waals surface area contributed by atoms with Crippen LogP contribution in [0.15, 0.2) is 5.10 Å². The Kier molecular flexibility index (Phi) is 3.44. The lowest BCUT2D eigenvalue weighted by Crippen LogP contribution is -2.27. The molecule has 1 unspecified atom stereocenters. The molecule has 1 aliphatic rings. The number of carbonyl (C=O) groups excluding carboxylic acids is 1. The Bertz CT molecular complexity index is 310. The van der Waals surface area contributed by atoms with Crippen LogP contribution in [0.1, 0.15) is 26.7 Å². The van der Waals surface area contributed by atoms with Crippen LogP contribution in [0.4, 0.5) is 0 Å². The second kappa shape index (κ2) is 4.42. The van der Waals surface area contributed by atoms with E-state index in [-0.39, 0.29) is 12.3 Å². The van der Waals surface area contributed by atoms with Gasteiger partial charge in [-0.05, 0) is 12.3 Å². The molecule has 0 aromatic rings. The first-order valence-corrected chi connectivity index (χ1v) is 4.98. The zero-order valence-corrected chi connectivity index (χ0v) is 9.23. The first-order valence-electron chi connectivity index (χ1n) is 4.98. The first kappa shape index (κ1) is 11.7. The van der Waals surface area contributed by atoms with Crippen LogP contribution in [-0.4, -0.2) is 34.8 Å². The van der Waals surface area contributed by atoms with E-state index >= 15 is 0 Å². The van der Waals surface area contributed by atoms with Crippen molar-refractivity contribution < 1.29 is 14.7 Å². The number of rotatable bonds is 4. The predicted octanol–water partition coefficient (Wildman–Crippen LogP) is 0.951. The van der Waals surface area contributed by atoms with Crippen LogP contribution in [0.2, 0.25) is 0 Å². The summed E-state index contributed by atoms with van der Waals surface area (Å²) >= 11 is 0. The number of amides is 1. The van der Waals surface area contributed by atoms with Crippen LogP contribution in [0.3, 0.4) is 0 Å². The molecule has 5 heteroatoms. The third-order valence-electron chi connectivity index (χ3n) is 2.29. The van der Waals surface area contributed by atoms with Crippen LogP contribution < -0.4 is 0 Å². The van der Waals surface area contributed by atoms with E-state index in [0.717, 1.165) is 0 Å². The normalized spacial score (nSPS) is 21.1. The Balaban J connectivity index is 2.77. The number of nitrogens with zero attached hydrogens (tertiary/aromatic N) is 2. The van der Waals surface area contributed by atoms with Crippen molar-refractivity contribution in [2.75, 3.05) is 7.05 Å². The fraction of sp³-hybridized carbons (Fsp3) is 0.700. The molecule has 0 aromatic heterocycles. The van der Waals surface area contributed by atoms with Gasteiger partial charge in [0.2, 0.25) is 0 Å². The minimum Gasteiger partial charge on any atom is -0.481 e. The van der Waals surface area contributed by atoms with Gasteiger partial charge in [0.15, 0.2) is 0 Å². The molecular formula is C10H16N2O3. The Labute approximate surface area is 88.8 Å².